The Morgan fingerprint density at radius 3 is 2.55 bits per heavy atom. The topological polar surface area (TPSA) is 59.6 Å². The molecule has 5 nitrogen and oxygen atoms in total. The second kappa shape index (κ2) is 10.3. The molecule has 0 aromatic heterocycles. The van der Waals surface area contributed by atoms with Crippen molar-refractivity contribution in [3.8, 4) is 11.5 Å². The zero-order valence-corrected chi connectivity index (χ0v) is 13.8. The van der Waals surface area contributed by atoms with Crippen LogP contribution in [-0.2, 0) is 4.79 Å². The van der Waals surface area contributed by atoms with E-state index in [0.29, 0.717) is 18.3 Å². The molecule has 1 aliphatic heterocycles. The van der Waals surface area contributed by atoms with Crippen molar-refractivity contribution in [2.75, 3.05) is 32.8 Å². The fourth-order valence-electron chi connectivity index (χ4n) is 2.36. The molecule has 1 heterocycles. The molecular formula is C16H25ClN2O3. The Hall–Kier alpha value is -1.46. The predicted molar refractivity (Wildman–Crippen MR) is 89.0 cm³/mol. The van der Waals surface area contributed by atoms with Crippen LogP contribution in [0.5, 0.6) is 11.5 Å². The highest BCUT2D eigenvalue weighted by molar-refractivity contribution is 5.85. The Labute approximate surface area is 138 Å². The van der Waals surface area contributed by atoms with Crippen LogP contribution in [0.3, 0.4) is 0 Å². The summed E-state index contributed by atoms with van der Waals surface area (Å²) in [5.74, 6) is 1.94. The van der Waals surface area contributed by atoms with E-state index in [9.17, 15) is 4.79 Å². The summed E-state index contributed by atoms with van der Waals surface area (Å²) in [4.78, 5) is 11.7. The Balaban J connectivity index is 0.00000242. The average Bonchev–Trinajstić information content (AvgIpc) is 2.53. The van der Waals surface area contributed by atoms with E-state index < -0.39 is 0 Å². The first kappa shape index (κ1) is 18.6. The van der Waals surface area contributed by atoms with Crippen molar-refractivity contribution >= 4 is 18.3 Å². The third-order valence-corrected chi connectivity index (χ3v) is 3.49. The van der Waals surface area contributed by atoms with Gasteiger partial charge in [-0.25, -0.2) is 0 Å². The van der Waals surface area contributed by atoms with E-state index >= 15 is 0 Å². The highest BCUT2D eigenvalue weighted by Gasteiger charge is 2.13. The molecule has 1 amide bonds. The number of nitrogens with one attached hydrogen (secondary N) is 2. The third-order valence-electron chi connectivity index (χ3n) is 3.49. The quantitative estimate of drug-likeness (QED) is 0.804. The number of hydrogen-bond donors (Lipinski definition) is 2. The van der Waals surface area contributed by atoms with Crippen LogP contribution in [0.1, 0.15) is 19.8 Å². The number of halogens is 1. The fraction of sp³-hybridized carbons (Fsp3) is 0.562. The van der Waals surface area contributed by atoms with Crippen LogP contribution >= 0.6 is 12.4 Å². The van der Waals surface area contributed by atoms with E-state index in [-0.39, 0.29) is 24.9 Å². The highest BCUT2D eigenvalue weighted by atomic mass is 35.5. The summed E-state index contributed by atoms with van der Waals surface area (Å²) in [5.41, 5.74) is 0. The highest BCUT2D eigenvalue weighted by Crippen LogP contribution is 2.17. The molecule has 22 heavy (non-hydrogen) atoms. The molecule has 2 N–H and O–H groups in total. The molecule has 0 aliphatic carbocycles. The lowest BCUT2D eigenvalue weighted by Crippen LogP contribution is -2.39. The van der Waals surface area contributed by atoms with Crippen LogP contribution in [0.15, 0.2) is 24.3 Å². The van der Waals surface area contributed by atoms with Crippen LogP contribution in [0.4, 0.5) is 0 Å². The second-order valence-electron chi connectivity index (χ2n) is 5.21. The lowest BCUT2D eigenvalue weighted by atomic mass is 10.00. The molecule has 124 valence electrons. The molecule has 1 fully saturated rings. The predicted octanol–water partition coefficient (Wildman–Crippen LogP) is 2.00. The van der Waals surface area contributed by atoms with Crippen LogP contribution < -0.4 is 20.1 Å². The van der Waals surface area contributed by atoms with Gasteiger partial charge in [-0.2, -0.15) is 0 Å². The SMILES string of the molecule is CCOc1ccc(OCC(=O)NCC2CCCNC2)cc1.Cl. The van der Waals surface area contributed by atoms with E-state index in [1.165, 1.54) is 12.8 Å². The van der Waals surface area contributed by atoms with Gasteiger partial charge in [0.15, 0.2) is 6.61 Å². The Bertz CT molecular complexity index is 434. The number of rotatable bonds is 7. The Kier molecular flexibility index (Phi) is 8.70. The molecule has 1 saturated heterocycles. The smallest absolute Gasteiger partial charge is 0.257 e. The first-order valence-corrected chi connectivity index (χ1v) is 7.61. The number of ether oxygens (including phenoxy) is 2. The van der Waals surface area contributed by atoms with Crippen molar-refractivity contribution in [3.05, 3.63) is 24.3 Å². The van der Waals surface area contributed by atoms with Gasteiger partial charge in [0.1, 0.15) is 11.5 Å². The van der Waals surface area contributed by atoms with E-state index in [1.807, 2.05) is 31.2 Å². The number of benzene rings is 1. The molecule has 1 aromatic carbocycles. The van der Waals surface area contributed by atoms with Gasteiger partial charge >= 0.3 is 0 Å². The monoisotopic (exact) mass is 328 g/mol. The van der Waals surface area contributed by atoms with Gasteiger partial charge in [-0.1, -0.05) is 0 Å². The van der Waals surface area contributed by atoms with Gasteiger partial charge < -0.3 is 20.1 Å². The maximum atomic E-state index is 11.7. The number of piperidine rings is 1. The van der Waals surface area contributed by atoms with E-state index in [4.69, 9.17) is 9.47 Å². The molecule has 1 aliphatic rings. The minimum absolute atomic E-state index is 0. The minimum atomic E-state index is -0.0746. The van der Waals surface area contributed by atoms with Crippen molar-refractivity contribution in [3.63, 3.8) is 0 Å². The summed E-state index contributed by atoms with van der Waals surface area (Å²) in [6, 6.07) is 7.29. The number of carbonyl (C=O) groups excluding carboxylic acids is 1. The third kappa shape index (κ3) is 6.54. The second-order valence-corrected chi connectivity index (χ2v) is 5.21. The van der Waals surface area contributed by atoms with Crippen LogP contribution in [0, 0.1) is 5.92 Å². The van der Waals surface area contributed by atoms with Gasteiger partial charge in [0.2, 0.25) is 0 Å². The first-order chi connectivity index (χ1) is 10.3. The maximum absolute atomic E-state index is 11.7. The number of amides is 1. The van der Waals surface area contributed by atoms with Crippen LogP contribution in [-0.4, -0.2) is 38.8 Å². The van der Waals surface area contributed by atoms with E-state index in [2.05, 4.69) is 10.6 Å². The van der Waals surface area contributed by atoms with Crippen molar-refractivity contribution in [1.29, 1.82) is 0 Å². The molecule has 0 spiro atoms. The number of hydrogen-bond acceptors (Lipinski definition) is 4. The summed E-state index contributed by atoms with van der Waals surface area (Å²) >= 11 is 0. The van der Waals surface area contributed by atoms with Gasteiger partial charge in [-0.3, -0.25) is 4.79 Å². The Morgan fingerprint density at radius 2 is 1.95 bits per heavy atom. The zero-order valence-electron chi connectivity index (χ0n) is 13.0. The minimum Gasteiger partial charge on any atom is -0.494 e. The van der Waals surface area contributed by atoms with Crippen molar-refractivity contribution < 1.29 is 14.3 Å². The van der Waals surface area contributed by atoms with Gasteiger partial charge in [-0.15, -0.1) is 12.4 Å². The van der Waals surface area contributed by atoms with Crippen molar-refractivity contribution in [2.45, 2.75) is 19.8 Å². The summed E-state index contributed by atoms with van der Waals surface area (Å²) in [6.07, 6.45) is 2.36. The molecular weight excluding hydrogens is 304 g/mol. The maximum Gasteiger partial charge on any atom is 0.257 e. The standard InChI is InChI=1S/C16H24N2O3.ClH/c1-2-20-14-5-7-15(8-6-14)21-12-16(19)18-11-13-4-3-9-17-10-13;/h5-8,13,17H,2-4,9-12H2,1H3,(H,18,19);1H. The molecule has 1 atom stereocenters. The Morgan fingerprint density at radius 1 is 1.27 bits per heavy atom. The molecule has 1 unspecified atom stereocenters. The summed E-state index contributed by atoms with van der Waals surface area (Å²) < 4.78 is 10.8. The van der Waals surface area contributed by atoms with E-state index in [0.717, 1.165) is 25.4 Å². The van der Waals surface area contributed by atoms with E-state index in [1.54, 1.807) is 0 Å². The van der Waals surface area contributed by atoms with Crippen LogP contribution in [0.2, 0.25) is 0 Å². The lowest BCUT2D eigenvalue weighted by Gasteiger charge is -2.22. The van der Waals surface area contributed by atoms with Crippen molar-refractivity contribution in [1.82, 2.24) is 10.6 Å². The molecule has 0 radical (unpaired) electrons. The van der Waals surface area contributed by atoms with Crippen LogP contribution in [0.25, 0.3) is 0 Å². The normalized spacial score (nSPS) is 17.2. The van der Waals surface area contributed by atoms with Gasteiger partial charge in [0.25, 0.3) is 5.91 Å². The fourth-order valence-corrected chi connectivity index (χ4v) is 2.36. The largest absolute Gasteiger partial charge is 0.494 e. The molecule has 0 saturated carbocycles. The summed E-state index contributed by atoms with van der Waals surface area (Å²) in [6.45, 7) is 5.42. The molecule has 2 rings (SSSR count). The first-order valence-electron chi connectivity index (χ1n) is 7.61. The summed E-state index contributed by atoms with van der Waals surface area (Å²) in [7, 11) is 0. The van der Waals surface area contributed by atoms with Gasteiger partial charge in [0.05, 0.1) is 6.61 Å². The zero-order chi connectivity index (χ0) is 14.9. The number of carbonyl (C=O) groups is 1. The molecule has 6 heteroatoms. The van der Waals surface area contributed by atoms with Gasteiger partial charge in [0, 0.05) is 6.54 Å². The summed E-state index contributed by atoms with van der Waals surface area (Å²) in [5, 5.41) is 6.26. The molecule has 1 aromatic rings. The lowest BCUT2D eigenvalue weighted by molar-refractivity contribution is -0.123. The average molecular weight is 329 g/mol. The van der Waals surface area contributed by atoms with Crippen molar-refractivity contribution in [2.24, 2.45) is 5.92 Å². The molecule has 0 bridgehead atoms. The van der Waals surface area contributed by atoms with Gasteiger partial charge in [-0.05, 0) is 63.0 Å².